The third-order valence-corrected chi connectivity index (χ3v) is 3.46. The number of hydrogen-bond acceptors (Lipinski definition) is 2. The molecule has 3 rings (SSSR count). The Morgan fingerprint density at radius 2 is 2.14 bits per heavy atom. The molecule has 0 saturated carbocycles. The molecule has 0 bridgehead atoms. The van der Waals surface area contributed by atoms with Crippen LogP contribution in [0.1, 0.15) is 24.3 Å². The average molecular weight is 188 g/mol. The van der Waals surface area contributed by atoms with Gasteiger partial charge in [-0.3, -0.25) is 0 Å². The molecule has 0 aromatic heterocycles. The van der Waals surface area contributed by atoms with E-state index in [0.717, 1.165) is 6.54 Å². The fraction of sp³-hybridized carbons (Fsp3) is 0.500. The molecule has 2 aliphatic rings. The summed E-state index contributed by atoms with van der Waals surface area (Å²) in [5.74, 6) is 0.689. The van der Waals surface area contributed by atoms with Crippen LogP contribution in [0.2, 0.25) is 0 Å². The van der Waals surface area contributed by atoms with Crippen molar-refractivity contribution in [2.75, 3.05) is 18.4 Å². The van der Waals surface area contributed by atoms with Crippen LogP contribution in [0.25, 0.3) is 0 Å². The van der Waals surface area contributed by atoms with Gasteiger partial charge in [-0.25, -0.2) is 0 Å². The monoisotopic (exact) mass is 188 g/mol. The van der Waals surface area contributed by atoms with Crippen molar-refractivity contribution in [3.05, 3.63) is 29.8 Å². The van der Waals surface area contributed by atoms with Gasteiger partial charge in [-0.05, 0) is 31.0 Å². The summed E-state index contributed by atoms with van der Waals surface area (Å²) in [7, 11) is 0. The van der Waals surface area contributed by atoms with E-state index in [9.17, 15) is 0 Å². The smallest absolute Gasteiger partial charge is 0.0377 e. The zero-order chi connectivity index (χ0) is 9.38. The van der Waals surface area contributed by atoms with Gasteiger partial charge in [-0.1, -0.05) is 18.2 Å². The minimum Gasteiger partial charge on any atom is -0.384 e. The van der Waals surface area contributed by atoms with Crippen molar-refractivity contribution in [3.8, 4) is 0 Å². The summed E-state index contributed by atoms with van der Waals surface area (Å²) in [6.07, 6.45) is 2.67. The van der Waals surface area contributed by atoms with Gasteiger partial charge in [0, 0.05) is 24.2 Å². The van der Waals surface area contributed by atoms with E-state index in [-0.39, 0.29) is 0 Å². The normalized spacial score (nSPS) is 30.0. The zero-order valence-corrected chi connectivity index (χ0v) is 8.29. The van der Waals surface area contributed by atoms with E-state index in [1.807, 2.05) is 0 Å². The minimum atomic E-state index is 0.689. The van der Waals surface area contributed by atoms with Crippen LogP contribution in [-0.4, -0.2) is 19.1 Å². The topological polar surface area (TPSA) is 24.1 Å². The molecule has 2 atom stereocenters. The summed E-state index contributed by atoms with van der Waals surface area (Å²) in [5.41, 5.74) is 2.85. The van der Waals surface area contributed by atoms with Gasteiger partial charge in [0.1, 0.15) is 0 Å². The Morgan fingerprint density at radius 1 is 1.21 bits per heavy atom. The lowest BCUT2D eigenvalue weighted by molar-refractivity contribution is 0.516. The molecule has 2 aliphatic heterocycles. The Balaban J connectivity index is 1.89. The maximum Gasteiger partial charge on any atom is 0.0377 e. The molecule has 1 saturated heterocycles. The third-order valence-electron chi connectivity index (χ3n) is 3.46. The standard InChI is InChI=1S/C12H16N2/c1-2-5-11-9(4-1)10(8-14-11)12-6-3-7-13-12/h1-2,4-5,10,12-14H,3,6-8H2. The largest absolute Gasteiger partial charge is 0.384 e. The Morgan fingerprint density at radius 3 is 3.00 bits per heavy atom. The predicted molar refractivity (Wildman–Crippen MR) is 58.7 cm³/mol. The molecule has 0 amide bonds. The first kappa shape index (κ1) is 8.30. The van der Waals surface area contributed by atoms with E-state index < -0.39 is 0 Å². The van der Waals surface area contributed by atoms with Crippen molar-refractivity contribution >= 4 is 5.69 Å². The van der Waals surface area contributed by atoms with Gasteiger partial charge in [0.15, 0.2) is 0 Å². The quantitative estimate of drug-likeness (QED) is 0.704. The SMILES string of the molecule is c1ccc2c(c1)NCC2C1CCCN1. The number of para-hydroxylation sites is 1. The Kier molecular flexibility index (Phi) is 1.95. The van der Waals surface area contributed by atoms with Gasteiger partial charge < -0.3 is 10.6 Å². The van der Waals surface area contributed by atoms with E-state index >= 15 is 0 Å². The lowest BCUT2D eigenvalue weighted by Crippen LogP contribution is -2.29. The number of fused-ring (bicyclic) bond motifs is 1. The van der Waals surface area contributed by atoms with Crippen molar-refractivity contribution in [1.82, 2.24) is 5.32 Å². The molecule has 1 aromatic carbocycles. The highest BCUT2D eigenvalue weighted by atomic mass is 15.0. The van der Waals surface area contributed by atoms with Gasteiger partial charge in [-0.15, -0.1) is 0 Å². The molecule has 2 N–H and O–H groups in total. The van der Waals surface area contributed by atoms with Crippen LogP contribution in [0, 0.1) is 0 Å². The predicted octanol–water partition coefficient (Wildman–Crippen LogP) is 1.95. The molecule has 0 radical (unpaired) electrons. The first-order valence-electron chi connectivity index (χ1n) is 5.51. The van der Waals surface area contributed by atoms with Crippen LogP contribution >= 0.6 is 0 Å². The summed E-state index contributed by atoms with van der Waals surface area (Å²) < 4.78 is 0. The highest BCUT2D eigenvalue weighted by molar-refractivity contribution is 5.58. The lowest BCUT2D eigenvalue weighted by atomic mass is 9.92. The molecule has 2 heteroatoms. The molecule has 0 aliphatic carbocycles. The molecule has 1 fully saturated rings. The first-order valence-corrected chi connectivity index (χ1v) is 5.51. The Hall–Kier alpha value is -1.02. The molecule has 1 aromatic rings. The summed E-state index contributed by atoms with van der Waals surface area (Å²) in [5, 5.41) is 7.09. The fourth-order valence-corrected chi connectivity index (χ4v) is 2.73. The third kappa shape index (κ3) is 1.22. The van der Waals surface area contributed by atoms with Crippen LogP contribution in [0.3, 0.4) is 0 Å². The van der Waals surface area contributed by atoms with E-state index in [1.165, 1.54) is 30.6 Å². The van der Waals surface area contributed by atoms with Crippen LogP contribution in [0.15, 0.2) is 24.3 Å². The van der Waals surface area contributed by atoms with E-state index in [1.54, 1.807) is 0 Å². The van der Waals surface area contributed by atoms with Gasteiger partial charge >= 0.3 is 0 Å². The number of nitrogens with one attached hydrogen (secondary N) is 2. The second-order valence-electron chi connectivity index (χ2n) is 4.28. The maximum absolute atomic E-state index is 3.60. The molecule has 74 valence electrons. The van der Waals surface area contributed by atoms with Gasteiger partial charge in [0.05, 0.1) is 0 Å². The summed E-state index contributed by atoms with van der Waals surface area (Å²) in [6.45, 7) is 2.31. The average Bonchev–Trinajstić information content (AvgIpc) is 2.85. The summed E-state index contributed by atoms with van der Waals surface area (Å²) in [4.78, 5) is 0. The van der Waals surface area contributed by atoms with Crippen molar-refractivity contribution < 1.29 is 0 Å². The fourth-order valence-electron chi connectivity index (χ4n) is 2.73. The van der Waals surface area contributed by atoms with Crippen LogP contribution < -0.4 is 10.6 Å². The van der Waals surface area contributed by atoms with Crippen LogP contribution in [-0.2, 0) is 0 Å². The Bertz CT molecular complexity index is 329. The first-order chi connectivity index (χ1) is 6.95. The Labute approximate surface area is 84.7 Å². The van der Waals surface area contributed by atoms with Crippen LogP contribution in [0.5, 0.6) is 0 Å². The van der Waals surface area contributed by atoms with E-state index in [2.05, 4.69) is 34.9 Å². The van der Waals surface area contributed by atoms with Crippen LogP contribution in [0.4, 0.5) is 5.69 Å². The van der Waals surface area contributed by atoms with Crippen molar-refractivity contribution in [3.63, 3.8) is 0 Å². The van der Waals surface area contributed by atoms with Gasteiger partial charge in [-0.2, -0.15) is 0 Å². The molecule has 14 heavy (non-hydrogen) atoms. The van der Waals surface area contributed by atoms with Gasteiger partial charge in [0.25, 0.3) is 0 Å². The molecular weight excluding hydrogens is 172 g/mol. The van der Waals surface area contributed by atoms with Crippen molar-refractivity contribution in [1.29, 1.82) is 0 Å². The zero-order valence-electron chi connectivity index (χ0n) is 8.29. The highest BCUT2D eigenvalue weighted by Gasteiger charge is 2.30. The summed E-state index contributed by atoms with van der Waals surface area (Å²) in [6, 6.07) is 9.40. The van der Waals surface area contributed by atoms with Crippen molar-refractivity contribution in [2.24, 2.45) is 0 Å². The highest BCUT2D eigenvalue weighted by Crippen LogP contribution is 2.35. The molecule has 2 nitrogen and oxygen atoms in total. The summed E-state index contributed by atoms with van der Waals surface area (Å²) >= 11 is 0. The number of benzene rings is 1. The molecule has 2 unspecified atom stereocenters. The lowest BCUT2D eigenvalue weighted by Gasteiger charge is -2.18. The number of hydrogen-bond donors (Lipinski definition) is 2. The number of rotatable bonds is 1. The second kappa shape index (κ2) is 3.28. The van der Waals surface area contributed by atoms with E-state index in [4.69, 9.17) is 0 Å². The van der Waals surface area contributed by atoms with Crippen molar-refractivity contribution in [2.45, 2.75) is 24.8 Å². The maximum atomic E-state index is 3.60. The second-order valence-corrected chi connectivity index (χ2v) is 4.28. The van der Waals surface area contributed by atoms with Gasteiger partial charge in [0.2, 0.25) is 0 Å². The molecular formula is C12H16N2. The minimum absolute atomic E-state index is 0.689. The molecule has 2 heterocycles. The molecule has 0 spiro atoms. The number of anilines is 1. The van der Waals surface area contributed by atoms with E-state index in [0.29, 0.717) is 12.0 Å².